The molecule has 0 amide bonds. The summed E-state index contributed by atoms with van der Waals surface area (Å²) in [6.45, 7) is 7.56. The number of aryl methyl sites for hydroxylation is 1. The predicted octanol–water partition coefficient (Wildman–Crippen LogP) is 5.91. The number of imidazole rings is 1. The fourth-order valence-electron chi connectivity index (χ4n) is 5.71. The molecule has 4 aromatic rings. The molecule has 0 fully saturated rings. The van der Waals surface area contributed by atoms with Crippen molar-refractivity contribution in [3.63, 3.8) is 0 Å². The average molecular weight is 413 g/mol. The zero-order valence-electron chi connectivity index (χ0n) is 18.3. The molecular formula is C27H28N2O2. The molecule has 2 atom stereocenters. The van der Waals surface area contributed by atoms with E-state index in [0.29, 0.717) is 12.4 Å². The van der Waals surface area contributed by atoms with Crippen molar-refractivity contribution >= 4 is 21.8 Å². The van der Waals surface area contributed by atoms with Gasteiger partial charge in [-0.1, -0.05) is 63.2 Å². The van der Waals surface area contributed by atoms with Gasteiger partial charge < -0.3 is 14.8 Å². The minimum absolute atomic E-state index is 0.160. The minimum atomic E-state index is -0.784. The monoisotopic (exact) mass is 412 g/mol. The van der Waals surface area contributed by atoms with Gasteiger partial charge >= 0.3 is 0 Å². The molecule has 0 bridgehead atoms. The topological polar surface area (TPSA) is 58.1 Å². The third-order valence-corrected chi connectivity index (χ3v) is 7.33. The summed E-state index contributed by atoms with van der Waals surface area (Å²) in [5, 5.41) is 13.5. The van der Waals surface area contributed by atoms with Crippen molar-refractivity contribution in [2.45, 2.75) is 57.5 Å². The highest BCUT2D eigenvalue weighted by atomic mass is 16.5. The summed E-state index contributed by atoms with van der Waals surface area (Å²) in [4.78, 5) is 8.51. The van der Waals surface area contributed by atoms with Crippen LogP contribution in [-0.2, 0) is 11.8 Å². The molecule has 4 nitrogen and oxygen atoms in total. The third-order valence-electron chi connectivity index (χ3n) is 7.33. The fourth-order valence-corrected chi connectivity index (χ4v) is 5.71. The Morgan fingerprint density at radius 2 is 1.97 bits per heavy atom. The molecule has 0 radical (unpaired) electrons. The Morgan fingerprint density at radius 1 is 1.16 bits per heavy atom. The van der Waals surface area contributed by atoms with E-state index in [2.05, 4.69) is 37.9 Å². The lowest BCUT2D eigenvalue weighted by Crippen LogP contribution is -2.23. The Labute approximate surface area is 182 Å². The lowest BCUT2D eigenvalue weighted by atomic mass is 9.71. The molecule has 2 heterocycles. The van der Waals surface area contributed by atoms with E-state index in [4.69, 9.17) is 9.72 Å². The highest BCUT2D eigenvalue weighted by molar-refractivity contribution is 6.12. The van der Waals surface area contributed by atoms with Crippen LogP contribution < -0.4 is 4.74 Å². The summed E-state index contributed by atoms with van der Waals surface area (Å²) >= 11 is 0. The first-order chi connectivity index (χ1) is 15.0. The van der Waals surface area contributed by atoms with Gasteiger partial charge in [0.2, 0.25) is 0 Å². The maximum absolute atomic E-state index is 11.1. The van der Waals surface area contributed by atoms with Crippen LogP contribution in [0.2, 0.25) is 0 Å². The number of aromatic amines is 1. The average Bonchev–Trinajstić information content (AvgIpc) is 3.37. The van der Waals surface area contributed by atoms with Crippen LogP contribution in [0.25, 0.3) is 21.8 Å². The number of aromatic nitrogens is 2. The van der Waals surface area contributed by atoms with E-state index in [1.54, 1.807) is 0 Å². The Kier molecular flexibility index (Phi) is 4.00. The molecule has 2 unspecified atom stereocenters. The van der Waals surface area contributed by atoms with Gasteiger partial charge in [0.25, 0.3) is 0 Å². The van der Waals surface area contributed by atoms with Crippen LogP contribution in [0, 0.1) is 0 Å². The first-order valence-corrected chi connectivity index (χ1v) is 11.3. The number of fused-ring (bicyclic) bond motifs is 8. The maximum Gasteiger partial charge on any atom is 0.140 e. The normalized spacial score (nSPS) is 20.5. The molecule has 6 rings (SSSR count). The summed E-state index contributed by atoms with van der Waals surface area (Å²) in [6, 6.07) is 14.3. The zero-order chi connectivity index (χ0) is 21.3. The molecule has 158 valence electrons. The van der Waals surface area contributed by atoms with Crippen molar-refractivity contribution in [1.29, 1.82) is 0 Å². The molecule has 0 saturated heterocycles. The molecule has 3 aromatic carbocycles. The molecule has 2 aliphatic rings. The SMILES string of the molecule is CC1COc2c1c1nc(C(O)c3ccccc3)[nH]c1c1c3c(ccc21)C(C)(C)CCC3. The molecule has 2 N–H and O–H groups in total. The lowest BCUT2D eigenvalue weighted by molar-refractivity contribution is 0.211. The molecule has 4 heteroatoms. The Morgan fingerprint density at radius 3 is 2.77 bits per heavy atom. The van der Waals surface area contributed by atoms with Crippen LogP contribution in [0.5, 0.6) is 5.75 Å². The smallest absolute Gasteiger partial charge is 0.140 e. The van der Waals surface area contributed by atoms with E-state index in [1.807, 2.05) is 30.3 Å². The number of ether oxygens (including phenoxy) is 1. The van der Waals surface area contributed by atoms with Crippen molar-refractivity contribution in [3.05, 3.63) is 70.5 Å². The molecule has 0 spiro atoms. The number of hydrogen-bond donors (Lipinski definition) is 2. The molecule has 0 saturated carbocycles. The van der Waals surface area contributed by atoms with Crippen LogP contribution in [0.3, 0.4) is 0 Å². The van der Waals surface area contributed by atoms with Gasteiger partial charge in [-0.3, -0.25) is 0 Å². The van der Waals surface area contributed by atoms with Crippen molar-refractivity contribution in [3.8, 4) is 5.75 Å². The summed E-state index contributed by atoms with van der Waals surface area (Å²) in [7, 11) is 0. The summed E-state index contributed by atoms with van der Waals surface area (Å²) in [5.41, 5.74) is 7.01. The number of H-pyrrole nitrogens is 1. The first-order valence-electron chi connectivity index (χ1n) is 11.3. The van der Waals surface area contributed by atoms with Crippen molar-refractivity contribution < 1.29 is 9.84 Å². The number of nitrogens with one attached hydrogen (secondary N) is 1. The van der Waals surface area contributed by atoms with E-state index in [0.717, 1.165) is 28.8 Å². The maximum atomic E-state index is 11.1. The van der Waals surface area contributed by atoms with Crippen molar-refractivity contribution in [1.82, 2.24) is 9.97 Å². The fraction of sp³-hybridized carbons (Fsp3) is 0.370. The number of nitrogens with zero attached hydrogens (tertiary/aromatic N) is 1. The second-order valence-corrected chi connectivity index (χ2v) is 9.87. The predicted molar refractivity (Wildman–Crippen MR) is 124 cm³/mol. The molecule has 1 aliphatic carbocycles. The third kappa shape index (κ3) is 2.67. The molecule has 1 aliphatic heterocycles. The highest BCUT2D eigenvalue weighted by Gasteiger charge is 2.34. The lowest BCUT2D eigenvalue weighted by Gasteiger charge is -2.33. The van der Waals surface area contributed by atoms with E-state index >= 15 is 0 Å². The van der Waals surface area contributed by atoms with Gasteiger partial charge in [-0.2, -0.15) is 0 Å². The van der Waals surface area contributed by atoms with Crippen molar-refractivity contribution in [2.75, 3.05) is 6.61 Å². The van der Waals surface area contributed by atoms with Crippen LogP contribution in [0.15, 0.2) is 42.5 Å². The number of hydrogen-bond acceptors (Lipinski definition) is 3. The summed E-state index contributed by atoms with van der Waals surface area (Å²) in [6.07, 6.45) is 2.67. The quantitative estimate of drug-likeness (QED) is 0.430. The highest BCUT2D eigenvalue weighted by Crippen LogP contribution is 2.49. The zero-order valence-corrected chi connectivity index (χ0v) is 18.3. The Balaban J connectivity index is 1.69. The van der Waals surface area contributed by atoms with E-state index in [9.17, 15) is 5.11 Å². The van der Waals surface area contributed by atoms with Crippen LogP contribution in [0.1, 0.15) is 73.7 Å². The largest absolute Gasteiger partial charge is 0.492 e. The van der Waals surface area contributed by atoms with Crippen molar-refractivity contribution in [2.24, 2.45) is 0 Å². The minimum Gasteiger partial charge on any atom is -0.492 e. The van der Waals surface area contributed by atoms with Crippen LogP contribution in [0.4, 0.5) is 0 Å². The molecule has 1 aromatic heterocycles. The van der Waals surface area contributed by atoms with Gasteiger partial charge in [-0.25, -0.2) is 4.98 Å². The first kappa shape index (κ1) is 18.9. The number of aliphatic hydroxyl groups is 1. The van der Waals surface area contributed by atoms with Gasteiger partial charge in [-0.15, -0.1) is 0 Å². The summed E-state index contributed by atoms with van der Waals surface area (Å²) in [5.74, 6) is 1.86. The number of aliphatic hydroxyl groups excluding tert-OH is 1. The van der Waals surface area contributed by atoms with Crippen LogP contribution >= 0.6 is 0 Å². The van der Waals surface area contributed by atoms with E-state index in [-0.39, 0.29) is 11.3 Å². The van der Waals surface area contributed by atoms with Gasteiger partial charge in [0, 0.05) is 22.3 Å². The Hall–Kier alpha value is -2.85. The second kappa shape index (κ2) is 6.57. The van der Waals surface area contributed by atoms with Crippen LogP contribution in [-0.4, -0.2) is 21.7 Å². The molecule has 31 heavy (non-hydrogen) atoms. The van der Waals surface area contributed by atoms with Gasteiger partial charge in [0.05, 0.1) is 17.6 Å². The molecular weight excluding hydrogens is 384 g/mol. The standard InChI is InChI=1S/C27H28N2O2/c1-15-14-31-25-18-11-12-19-17(10-7-13-27(19,2)3)21(18)23-22(20(15)25)28-26(29-23)24(30)16-8-5-4-6-9-16/h4-6,8-9,11-12,15,24,30H,7,10,13-14H2,1-3H3,(H,28,29). The summed E-state index contributed by atoms with van der Waals surface area (Å²) < 4.78 is 6.21. The number of benzene rings is 3. The van der Waals surface area contributed by atoms with Gasteiger partial charge in [-0.05, 0) is 41.4 Å². The second-order valence-electron chi connectivity index (χ2n) is 9.87. The van der Waals surface area contributed by atoms with E-state index in [1.165, 1.54) is 40.3 Å². The van der Waals surface area contributed by atoms with E-state index < -0.39 is 6.10 Å². The number of rotatable bonds is 2. The van der Waals surface area contributed by atoms with Gasteiger partial charge in [0.1, 0.15) is 17.7 Å². The van der Waals surface area contributed by atoms with Gasteiger partial charge in [0.15, 0.2) is 0 Å². The Bertz CT molecular complexity index is 1320.